The predicted molar refractivity (Wildman–Crippen MR) is 157 cm³/mol. The molecule has 40 heavy (non-hydrogen) atoms. The van der Waals surface area contributed by atoms with Gasteiger partial charge in [0, 0.05) is 40.7 Å². The van der Waals surface area contributed by atoms with Crippen LogP contribution >= 0.6 is 22.9 Å². The molecule has 0 saturated carbocycles. The Labute approximate surface area is 243 Å². The molecule has 1 unspecified atom stereocenters. The summed E-state index contributed by atoms with van der Waals surface area (Å²) in [6.45, 7) is 13.4. The molecule has 0 aliphatic carbocycles. The van der Waals surface area contributed by atoms with Crippen LogP contribution in [0.1, 0.15) is 72.9 Å². The summed E-state index contributed by atoms with van der Waals surface area (Å²) in [4.78, 5) is 33.8. The maximum atomic E-state index is 13.3. The molecule has 0 radical (unpaired) electrons. The van der Waals surface area contributed by atoms with Crippen LogP contribution in [-0.4, -0.2) is 62.6 Å². The van der Waals surface area contributed by atoms with Gasteiger partial charge in [0.15, 0.2) is 5.82 Å². The smallest absolute Gasteiger partial charge is 0.410 e. The Bertz CT molecular complexity index is 1470. The maximum Gasteiger partial charge on any atom is 0.410 e. The topological polar surface area (TPSA) is 102 Å². The van der Waals surface area contributed by atoms with Crippen molar-refractivity contribution in [2.45, 2.75) is 66.0 Å². The summed E-state index contributed by atoms with van der Waals surface area (Å²) in [5, 5.41) is 13.6. The zero-order valence-electron chi connectivity index (χ0n) is 23.7. The van der Waals surface area contributed by atoms with E-state index in [2.05, 4.69) is 29.4 Å². The van der Waals surface area contributed by atoms with Gasteiger partial charge >= 0.3 is 6.09 Å². The lowest BCUT2D eigenvalue weighted by Crippen LogP contribution is -2.36. The number of aliphatic imine (C=N–C) groups is 1. The number of aryl methyl sites for hydroxylation is 2. The molecule has 5 rings (SSSR count). The standard InChI is InChI=1S/C29H35ClN6O3S/c1-16-17(2)40-27-24(16)25(20-7-9-21(30)10-8-20)32-22(26-34-33-18(3)36(26)27)13-23(37)31-14-19-11-12-35(15-19)28(38)39-29(4,5)6/h7-10,19,22H,11-15H2,1-6H3,(H,31,37)/t19?,22-/m0/s1. The number of amides is 2. The van der Waals surface area contributed by atoms with Crippen LogP contribution in [0.15, 0.2) is 29.3 Å². The Morgan fingerprint density at radius 1 is 1.15 bits per heavy atom. The summed E-state index contributed by atoms with van der Waals surface area (Å²) < 4.78 is 7.54. The van der Waals surface area contributed by atoms with Crippen LogP contribution in [0.3, 0.4) is 0 Å². The summed E-state index contributed by atoms with van der Waals surface area (Å²) in [6.07, 6.45) is 0.635. The third kappa shape index (κ3) is 5.78. The average molecular weight is 583 g/mol. The molecule has 1 N–H and O–H groups in total. The highest BCUT2D eigenvalue weighted by atomic mass is 35.5. The van der Waals surface area contributed by atoms with Crippen molar-refractivity contribution in [3.05, 3.63) is 62.5 Å². The zero-order chi connectivity index (χ0) is 28.8. The fraction of sp³-hybridized carbons (Fsp3) is 0.483. The molecular formula is C29H35ClN6O3S. The number of hydrogen-bond acceptors (Lipinski definition) is 7. The molecule has 11 heteroatoms. The van der Waals surface area contributed by atoms with Gasteiger partial charge in [-0.05, 0) is 71.6 Å². The number of nitrogens with one attached hydrogen (secondary N) is 1. The van der Waals surface area contributed by atoms with Gasteiger partial charge in [-0.3, -0.25) is 14.4 Å². The number of halogens is 1. The summed E-state index contributed by atoms with van der Waals surface area (Å²) >= 11 is 7.87. The van der Waals surface area contributed by atoms with Gasteiger partial charge in [-0.15, -0.1) is 21.5 Å². The second-order valence-electron chi connectivity index (χ2n) is 11.5. The number of hydrogen-bond donors (Lipinski definition) is 1. The molecule has 212 valence electrons. The van der Waals surface area contributed by atoms with Gasteiger partial charge in [-0.2, -0.15) is 0 Å². The molecule has 1 aromatic carbocycles. The zero-order valence-corrected chi connectivity index (χ0v) is 25.3. The average Bonchev–Trinajstić information content (AvgIpc) is 3.56. The number of ether oxygens (including phenoxy) is 1. The normalized spacial score (nSPS) is 18.6. The molecule has 0 bridgehead atoms. The molecule has 2 atom stereocenters. The Morgan fingerprint density at radius 3 is 2.58 bits per heavy atom. The van der Waals surface area contributed by atoms with E-state index in [9.17, 15) is 9.59 Å². The van der Waals surface area contributed by atoms with E-state index >= 15 is 0 Å². The van der Waals surface area contributed by atoms with E-state index in [-0.39, 0.29) is 24.3 Å². The van der Waals surface area contributed by atoms with Gasteiger partial charge in [0.2, 0.25) is 5.91 Å². The number of nitrogens with zero attached hydrogens (tertiary/aromatic N) is 5. The first kappa shape index (κ1) is 28.3. The van der Waals surface area contributed by atoms with Gasteiger partial charge in [0.25, 0.3) is 0 Å². The van der Waals surface area contributed by atoms with Crippen LogP contribution in [0.2, 0.25) is 5.02 Å². The monoisotopic (exact) mass is 582 g/mol. The molecule has 2 amide bonds. The van der Waals surface area contributed by atoms with Crippen LogP contribution < -0.4 is 5.32 Å². The number of benzene rings is 1. The van der Waals surface area contributed by atoms with Gasteiger partial charge in [-0.25, -0.2) is 4.79 Å². The van der Waals surface area contributed by atoms with Crippen molar-refractivity contribution in [2.24, 2.45) is 10.9 Å². The number of thiophene rings is 1. The van der Waals surface area contributed by atoms with E-state index in [0.717, 1.165) is 39.6 Å². The molecule has 1 saturated heterocycles. The molecule has 9 nitrogen and oxygen atoms in total. The van der Waals surface area contributed by atoms with Gasteiger partial charge in [0.05, 0.1) is 12.1 Å². The number of rotatable bonds is 5. The second-order valence-corrected chi connectivity index (χ2v) is 13.1. The Morgan fingerprint density at radius 2 is 1.88 bits per heavy atom. The van der Waals surface area contributed by atoms with Crippen molar-refractivity contribution < 1.29 is 14.3 Å². The quantitative estimate of drug-likeness (QED) is 0.424. The fourth-order valence-electron chi connectivity index (χ4n) is 5.13. The molecule has 1 fully saturated rings. The Kier molecular flexibility index (Phi) is 7.76. The van der Waals surface area contributed by atoms with Crippen molar-refractivity contribution in [3.63, 3.8) is 0 Å². The van der Waals surface area contributed by atoms with E-state index < -0.39 is 11.6 Å². The van der Waals surface area contributed by atoms with Crippen molar-refractivity contribution in [1.29, 1.82) is 0 Å². The SMILES string of the molecule is Cc1sc2c(c1C)C(c1ccc(Cl)cc1)=N[C@@H](CC(=O)NCC1CCN(C(=O)OC(C)(C)C)C1)c1nnc(C)n1-2. The number of aromatic nitrogens is 3. The molecule has 2 aliphatic heterocycles. The van der Waals surface area contributed by atoms with E-state index in [1.165, 1.54) is 4.88 Å². The number of carbonyl (C=O) groups excluding carboxylic acids is 2. The summed E-state index contributed by atoms with van der Waals surface area (Å²) in [5.74, 6) is 1.45. The van der Waals surface area contributed by atoms with E-state index in [0.29, 0.717) is 30.5 Å². The Balaban J connectivity index is 1.36. The highest BCUT2D eigenvalue weighted by Crippen LogP contribution is 2.39. The molecule has 4 heterocycles. The largest absolute Gasteiger partial charge is 0.444 e. The van der Waals surface area contributed by atoms with Crippen LogP contribution in [0, 0.1) is 26.7 Å². The summed E-state index contributed by atoms with van der Waals surface area (Å²) in [7, 11) is 0. The molecule has 3 aromatic rings. The summed E-state index contributed by atoms with van der Waals surface area (Å²) in [5.41, 5.74) is 3.40. The lowest BCUT2D eigenvalue weighted by molar-refractivity contribution is -0.121. The first-order chi connectivity index (χ1) is 18.9. The number of carbonyl (C=O) groups is 2. The highest BCUT2D eigenvalue weighted by Gasteiger charge is 2.33. The molecule has 2 aromatic heterocycles. The molecule has 2 aliphatic rings. The minimum Gasteiger partial charge on any atom is -0.444 e. The lowest BCUT2D eigenvalue weighted by atomic mass is 9.99. The fourth-order valence-corrected chi connectivity index (χ4v) is 6.47. The van der Waals surface area contributed by atoms with Crippen LogP contribution in [0.25, 0.3) is 5.00 Å². The summed E-state index contributed by atoms with van der Waals surface area (Å²) in [6, 6.07) is 7.11. The second kappa shape index (κ2) is 11.0. The van der Waals surface area contributed by atoms with Crippen molar-refractivity contribution in [2.75, 3.05) is 19.6 Å². The van der Waals surface area contributed by atoms with Crippen LogP contribution in [0.4, 0.5) is 4.79 Å². The van der Waals surface area contributed by atoms with Crippen molar-refractivity contribution in [3.8, 4) is 5.00 Å². The van der Waals surface area contributed by atoms with Gasteiger partial charge in [-0.1, -0.05) is 23.7 Å². The van der Waals surface area contributed by atoms with Crippen LogP contribution in [0.5, 0.6) is 0 Å². The van der Waals surface area contributed by atoms with Gasteiger partial charge in [0.1, 0.15) is 22.5 Å². The number of fused-ring (bicyclic) bond motifs is 3. The van der Waals surface area contributed by atoms with E-state index in [1.54, 1.807) is 16.2 Å². The third-order valence-corrected chi connectivity index (χ3v) is 8.71. The van der Waals surface area contributed by atoms with Crippen LogP contribution in [-0.2, 0) is 9.53 Å². The first-order valence-corrected chi connectivity index (χ1v) is 14.7. The van der Waals surface area contributed by atoms with E-state index in [1.807, 2.05) is 56.5 Å². The molecule has 0 spiro atoms. The first-order valence-electron chi connectivity index (χ1n) is 13.5. The predicted octanol–water partition coefficient (Wildman–Crippen LogP) is 5.56. The van der Waals surface area contributed by atoms with E-state index in [4.69, 9.17) is 21.3 Å². The minimum atomic E-state index is -0.535. The molecular weight excluding hydrogens is 548 g/mol. The Hall–Kier alpha value is -3.24. The lowest BCUT2D eigenvalue weighted by Gasteiger charge is -2.24. The van der Waals surface area contributed by atoms with Crippen molar-refractivity contribution in [1.82, 2.24) is 25.0 Å². The highest BCUT2D eigenvalue weighted by molar-refractivity contribution is 7.15. The van der Waals surface area contributed by atoms with Gasteiger partial charge < -0.3 is 15.0 Å². The number of likely N-dealkylation sites (tertiary alicyclic amines) is 1. The third-order valence-electron chi connectivity index (χ3n) is 7.26. The minimum absolute atomic E-state index is 0.120. The van der Waals surface area contributed by atoms with Crippen molar-refractivity contribution >= 4 is 40.6 Å². The maximum absolute atomic E-state index is 13.3.